The second kappa shape index (κ2) is 13.3. The standard InChI is InChI=1S/C31H26ClF3N2O5S/c1-4-41-30(40)26-25(19-8-6-5-7-9-19)18(3)43-29(26)37-28(39)20-10-13-22(14-11-20)42-17(2)27(38)36-24-16-21(31(33,34)35)12-15-23(24)32/h5-17H,4H2,1-3H3,(H,36,38)(H,37,39). The first-order valence-corrected chi connectivity index (χ1v) is 14.2. The fourth-order valence-electron chi connectivity index (χ4n) is 4.13. The molecule has 1 heterocycles. The summed E-state index contributed by atoms with van der Waals surface area (Å²) in [7, 11) is 0. The lowest BCUT2D eigenvalue weighted by molar-refractivity contribution is -0.137. The van der Waals surface area contributed by atoms with Gasteiger partial charge in [-0.3, -0.25) is 9.59 Å². The molecule has 2 amide bonds. The highest BCUT2D eigenvalue weighted by Gasteiger charge is 2.31. The molecule has 0 saturated heterocycles. The van der Waals surface area contributed by atoms with Crippen LogP contribution in [0.15, 0.2) is 72.8 Å². The Bertz CT molecular complexity index is 1640. The predicted octanol–water partition coefficient (Wildman–Crippen LogP) is 8.23. The summed E-state index contributed by atoms with van der Waals surface area (Å²) >= 11 is 7.22. The molecule has 43 heavy (non-hydrogen) atoms. The van der Waals surface area contributed by atoms with Crippen LogP contribution in [0.2, 0.25) is 5.02 Å². The zero-order valence-electron chi connectivity index (χ0n) is 23.2. The molecule has 0 saturated carbocycles. The normalized spacial score (nSPS) is 11.9. The van der Waals surface area contributed by atoms with Gasteiger partial charge in [0.15, 0.2) is 6.10 Å². The monoisotopic (exact) mass is 630 g/mol. The number of nitrogens with one attached hydrogen (secondary N) is 2. The van der Waals surface area contributed by atoms with Crippen molar-refractivity contribution in [2.24, 2.45) is 0 Å². The highest BCUT2D eigenvalue weighted by atomic mass is 35.5. The van der Waals surface area contributed by atoms with Gasteiger partial charge in [0.1, 0.15) is 16.3 Å². The Kier molecular flexibility index (Phi) is 9.77. The van der Waals surface area contributed by atoms with Gasteiger partial charge in [0.05, 0.1) is 22.9 Å². The van der Waals surface area contributed by atoms with E-state index in [-0.39, 0.29) is 34.2 Å². The number of anilines is 2. The number of halogens is 4. The van der Waals surface area contributed by atoms with Crippen molar-refractivity contribution in [3.05, 3.63) is 99.4 Å². The van der Waals surface area contributed by atoms with Crippen LogP contribution in [-0.2, 0) is 15.7 Å². The lowest BCUT2D eigenvalue weighted by Crippen LogP contribution is -2.30. The third-order valence-electron chi connectivity index (χ3n) is 6.20. The predicted molar refractivity (Wildman–Crippen MR) is 160 cm³/mol. The van der Waals surface area contributed by atoms with E-state index in [2.05, 4.69) is 10.6 Å². The van der Waals surface area contributed by atoms with Gasteiger partial charge in [0, 0.05) is 16.0 Å². The Morgan fingerprint density at radius 2 is 1.65 bits per heavy atom. The maximum Gasteiger partial charge on any atom is 0.416 e. The average Bonchev–Trinajstić information content (AvgIpc) is 3.29. The number of ether oxygens (including phenoxy) is 2. The molecule has 2 N–H and O–H groups in total. The summed E-state index contributed by atoms with van der Waals surface area (Å²) in [5, 5.41) is 5.43. The molecular formula is C31H26ClF3N2O5S. The van der Waals surface area contributed by atoms with Crippen LogP contribution < -0.4 is 15.4 Å². The Morgan fingerprint density at radius 3 is 2.28 bits per heavy atom. The number of rotatable bonds is 9. The minimum atomic E-state index is -4.60. The van der Waals surface area contributed by atoms with Crippen LogP contribution >= 0.6 is 22.9 Å². The summed E-state index contributed by atoms with van der Waals surface area (Å²) in [6, 6.07) is 17.8. The van der Waals surface area contributed by atoms with Crippen molar-refractivity contribution < 1.29 is 37.0 Å². The smallest absolute Gasteiger partial charge is 0.416 e. The second-order valence-electron chi connectivity index (χ2n) is 9.24. The number of hydrogen-bond donors (Lipinski definition) is 2. The van der Waals surface area contributed by atoms with Crippen LogP contribution in [0.3, 0.4) is 0 Å². The van der Waals surface area contributed by atoms with E-state index in [9.17, 15) is 27.6 Å². The SMILES string of the molecule is CCOC(=O)c1c(NC(=O)c2ccc(OC(C)C(=O)Nc3cc(C(F)(F)F)ccc3Cl)cc2)sc(C)c1-c1ccccc1. The molecule has 0 aliphatic carbocycles. The third-order valence-corrected chi connectivity index (χ3v) is 7.55. The molecule has 1 unspecified atom stereocenters. The van der Waals surface area contributed by atoms with E-state index in [1.54, 1.807) is 6.92 Å². The number of carbonyl (C=O) groups is 3. The topological polar surface area (TPSA) is 93.7 Å². The molecule has 1 aromatic heterocycles. The molecular weight excluding hydrogens is 605 g/mol. The zero-order chi connectivity index (χ0) is 31.3. The van der Waals surface area contributed by atoms with E-state index in [0.717, 1.165) is 28.6 Å². The summed E-state index contributed by atoms with van der Waals surface area (Å²) in [6.45, 7) is 5.14. The van der Waals surface area contributed by atoms with E-state index in [0.29, 0.717) is 10.6 Å². The summed E-state index contributed by atoms with van der Waals surface area (Å²) in [4.78, 5) is 39.5. The molecule has 0 aliphatic heterocycles. The van der Waals surface area contributed by atoms with Crippen molar-refractivity contribution in [3.8, 4) is 16.9 Å². The molecule has 7 nitrogen and oxygen atoms in total. The van der Waals surface area contributed by atoms with Gasteiger partial charge in [-0.1, -0.05) is 41.9 Å². The van der Waals surface area contributed by atoms with Crippen LogP contribution in [0.1, 0.15) is 45.0 Å². The zero-order valence-corrected chi connectivity index (χ0v) is 24.7. The summed E-state index contributed by atoms with van der Waals surface area (Å²) in [5.41, 5.74) is 0.854. The lowest BCUT2D eigenvalue weighted by atomic mass is 10.0. The van der Waals surface area contributed by atoms with Crippen LogP contribution in [0, 0.1) is 6.92 Å². The third kappa shape index (κ3) is 7.54. The number of thiophene rings is 1. The Labute approximate surface area is 254 Å². The van der Waals surface area contributed by atoms with Gasteiger partial charge < -0.3 is 20.1 Å². The van der Waals surface area contributed by atoms with Crippen molar-refractivity contribution >= 4 is 51.4 Å². The summed E-state index contributed by atoms with van der Waals surface area (Å²) in [6.07, 6.45) is -5.71. The average molecular weight is 631 g/mol. The van der Waals surface area contributed by atoms with Crippen molar-refractivity contribution in [1.82, 2.24) is 0 Å². The van der Waals surface area contributed by atoms with Crippen LogP contribution in [0.4, 0.5) is 23.9 Å². The van der Waals surface area contributed by atoms with Gasteiger partial charge in [-0.15, -0.1) is 11.3 Å². The molecule has 0 spiro atoms. The molecule has 0 aliphatic rings. The molecule has 1 atom stereocenters. The van der Waals surface area contributed by atoms with Gasteiger partial charge >= 0.3 is 12.1 Å². The van der Waals surface area contributed by atoms with Crippen molar-refractivity contribution in [2.45, 2.75) is 33.1 Å². The maximum atomic E-state index is 13.1. The first-order chi connectivity index (χ1) is 20.4. The Hall–Kier alpha value is -4.35. The van der Waals surface area contributed by atoms with Gasteiger partial charge in [0.25, 0.3) is 11.8 Å². The molecule has 3 aromatic carbocycles. The second-order valence-corrected chi connectivity index (χ2v) is 10.9. The van der Waals surface area contributed by atoms with Gasteiger partial charge in [0.2, 0.25) is 0 Å². The highest BCUT2D eigenvalue weighted by Crippen LogP contribution is 2.40. The molecule has 224 valence electrons. The Balaban J connectivity index is 1.46. The number of alkyl halides is 3. The maximum absolute atomic E-state index is 13.1. The fraction of sp³-hybridized carbons (Fsp3) is 0.194. The van der Waals surface area contributed by atoms with Crippen LogP contribution in [0.25, 0.3) is 11.1 Å². The Morgan fingerprint density at radius 1 is 0.977 bits per heavy atom. The highest BCUT2D eigenvalue weighted by molar-refractivity contribution is 7.17. The van der Waals surface area contributed by atoms with Gasteiger partial charge in [-0.2, -0.15) is 13.2 Å². The number of benzene rings is 3. The molecule has 4 rings (SSSR count). The number of carbonyl (C=O) groups excluding carboxylic acids is 3. The number of amides is 2. The van der Waals surface area contributed by atoms with E-state index in [1.807, 2.05) is 37.3 Å². The van der Waals surface area contributed by atoms with E-state index in [4.69, 9.17) is 21.1 Å². The molecule has 12 heteroatoms. The largest absolute Gasteiger partial charge is 0.481 e. The van der Waals surface area contributed by atoms with Crippen LogP contribution in [-0.4, -0.2) is 30.5 Å². The number of aryl methyl sites for hydroxylation is 1. The van der Waals surface area contributed by atoms with Crippen molar-refractivity contribution in [1.29, 1.82) is 0 Å². The van der Waals surface area contributed by atoms with E-state index < -0.39 is 35.6 Å². The van der Waals surface area contributed by atoms with Crippen molar-refractivity contribution in [2.75, 3.05) is 17.2 Å². The van der Waals surface area contributed by atoms with Crippen LogP contribution in [0.5, 0.6) is 5.75 Å². The number of hydrogen-bond acceptors (Lipinski definition) is 6. The molecule has 4 aromatic rings. The van der Waals surface area contributed by atoms with E-state index >= 15 is 0 Å². The first-order valence-electron chi connectivity index (χ1n) is 13.0. The minimum absolute atomic E-state index is 0.0631. The quantitative estimate of drug-likeness (QED) is 0.182. The fourth-order valence-corrected chi connectivity index (χ4v) is 5.36. The molecule has 0 bridgehead atoms. The minimum Gasteiger partial charge on any atom is -0.481 e. The summed E-state index contributed by atoms with van der Waals surface area (Å²) in [5.74, 6) is -1.52. The number of esters is 1. The first kappa shape index (κ1) is 31.6. The lowest BCUT2D eigenvalue weighted by Gasteiger charge is -2.16. The molecule has 0 radical (unpaired) electrons. The van der Waals surface area contributed by atoms with Gasteiger partial charge in [-0.25, -0.2) is 4.79 Å². The van der Waals surface area contributed by atoms with E-state index in [1.165, 1.54) is 42.5 Å². The molecule has 0 fully saturated rings. The summed E-state index contributed by atoms with van der Waals surface area (Å²) < 4.78 is 50.0. The van der Waals surface area contributed by atoms with Crippen molar-refractivity contribution in [3.63, 3.8) is 0 Å². The van der Waals surface area contributed by atoms with Gasteiger partial charge in [-0.05, 0) is 68.8 Å².